The number of halogens is 2. The lowest BCUT2D eigenvalue weighted by Gasteiger charge is -2.22. The van der Waals surface area contributed by atoms with Crippen LogP contribution in [0.1, 0.15) is 22.5 Å². The SMILES string of the molecule is COc1ccc(CN2CCCN(C(=O)c3ncc(F)cc3F)CC2)cn1. The summed E-state index contributed by atoms with van der Waals surface area (Å²) in [5.74, 6) is -1.67. The van der Waals surface area contributed by atoms with Crippen LogP contribution in [0.5, 0.6) is 5.88 Å². The minimum Gasteiger partial charge on any atom is -0.481 e. The van der Waals surface area contributed by atoms with Crippen LogP contribution in [0.3, 0.4) is 0 Å². The second kappa shape index (κ2) is 8.18. The van der Waals surface area contributed by atoms with E-state index >= 15 is 0 Å². The third-order valence-corrected chi connectivity index (χ3v) is 4.30. The molecule has 3 heterocycles. The first kappa shape index (κ1) is 18.2. The Labute approximate surface area is 150 Å². The fourth-order valence-electron chi connectivity index (χ4n) is 2.94. The number of carbonyl (C=O) groups excluding carboxylic acids is 1. The lowest BCUT2D eigenvalue weighted by atomic mass is 10.2. The Morgan fingerprint density at radius 1 is 1.15 bits per heavy atom. The Morgan fingerprint density at radius 3 is 2.69 bits per heavy atom. The number of methoxy groups -OCH3 is 1. The Balaban J connectivity index is 1.61. The van der Waals surface area contributed by atoms with Crippen molar-refractivity contribution >= 4 is 5.91 Å². The topological polar surface area (TPSA) is 58.6 Å². The summed E-state index contributed by atoms with van der Waals surface area (Å²) in [6.07, 6.45) is 3.39. The second-order valence-electron chi connectivity index (χ2n) is 6.11. The molecule has 0 aliphatic carbocycles. The largest absolute Gasteiger partial charge is 0.481 e. The summed E-state index contributed by atoms with van der Waals surface area (Å²) in [6.45, 7) is 3.15. The van der Waals surface area contributed by atoms with Gasteiger partial charge in [-0.05, 0) is 12.0 Å². The minimum absolute atomic E-state index is 0.334. The van der Waals surface area contributed by atoms with Crippen LogP contribution in [0.15, 0.2) is 30.6 Å². The number of pyridine rings is 2. The molecule has 0 spiro atoms. The van der Waals surface area contributed by atoms with E-state index in [2.05, 4.69) is 14.9 Å². The highest BCUT2D eigenvalue weighted by Crippen LogP contribution is 2.14. The molecule has 1 aliphatic rings. The van der Waals surface area contributed by atoms with Gasteiger partial charge in [0.15, 0.2) is 11.5 Å². The Bertz CT molecular complexity index is 770. The number of nitrogens with zero attached hydrogens (tertiary/aromatic N) is 4. The van der Waals surface area contributed by atoms with Crippen molar-refractivity contribution in [1.29, 1.82) is 0 Å². The fourth-order valence-corrected chi connectivity index (χ4v) is 2.94. The number of amides is 1. The number of ether oxygens (including phenoxy) is 1. The molecule has 0 unspecified atom stereocenters. The summed E-state index contributed by atoms with van der Waals surface area (Å²) in [4.78, 5) is 24.1. The number of aromatic nitrogens is 2. The first-order valence-corrected chi connectivity index (χ1v) is 8.38. The molecular weight excluding hydrogens is 342 g/mol. The van der Waals surface area contributed by atoms with E-state index in [0.29, 0.717) is 38.1 Å². The lowest BCUT2D eigenvalue weighted by molar-refractivity contribution is 0.0750. The maximum Gasteiger partial charge on any atom is 0.275 e. The van der Waals surface area contributed by atoms with E-state index in [-0.39, 0.29) is 5.69 Å². The third-order valence-electron chi connectivity index (χ3n) is 4.30. The molecule has 0 bridgehead atoms. The van der Waals surface area contributed by atoms with E-state index in [0.717, 1.165) is 24.7 Å². The van der Waals surface area contributed by atoms with E-state index in [9.17, 15) is 13.6 Å². The molecule has 2 aromatic heterocycles. The Kier molecular flexibility index (Phi) is 5.72. The van der Waals surface area contributed by atoms with Gasteiger partial charge in [0.05, 0.1) is 13.3 Å². The zero-order valence-corrected chi connectivity index (χ0v) is 14.5. The van der Waals surface area contributed by atoms with Gasteiger partial charge in [-0.2, -0.15) is 0 Å². The maximum atomic E-state index is 13.8. The fraction of sp³-hybridized carbons (Fsp3) is 0.389. The highest BCUT2D eigenvalue weighted by molar-refractivity contribution is 5.92. The van der Waals surface area contributed by atoms with Crippen LogP contribution in [0.25, 0.3) is 0 Å². The first-order chi connectivity index (χ1) is 12.6. The average Bonchev–Trinajstić information content (AvgIpc) is 2.87. The van der Waals surface area contributed by atoms with Crippen LogP contribution >= 0.6 is 0 Å². The van der Waals surface area contributed by atoms with Crippen LogP contribution in [0, 0.1) is 11.6 Å². The summed E-state index contributed by atoms with van der Waals surface area (Å²) in [5.41, 5.74) is 0.719. The first-order valence-electron chi connectivity index (χ1n) is 8.38. The van der Waals surface area contributed by atoms with Gasteiger partial charge in [-0.3, -0.25) is 9.69 Å². The predicted molar refractivity (Wildman–Crippen MR) is 90.7 cm³/mol. The molecule has 2 aromatic rings. The van der Waals surface area contributed by atoms with Gasteiger partial charge in [0.2, 0.25) is 5.88 Å². The van der Waals surface area contributed by atoms with Crippen LogP contribution in [-0.4, -0.2) is 59.0 Å². The molecule has 8 heteroatoms. The minimum atomic E-state index is -0.930. The molecule has 1 saturated heterocycles. The average molecular weight is 362 g/mol. The van der Waals surface area contributed by atoms with Crippen molar-refractivity contribution in [3.8, 4) is 5.88 Å². The molecule has 1 amide bonds. The summed E-state index contributed by atoms with van der Waals surface area (Å²) in [6, 6.07) is 4.45. The molecule has 3 rings (SSSR count). The zero-order valence-electron chi connectivity index (χ0n) is 14.5. The Hall–Kier alpha value is -2.61. The van der Waals surface area contributed by atoms with Gasteiger partial charge in [-0.1, -0.05) is 6.07 Å². The molecular formula is C18H20F2N4O2. The molecule has 6 nitrogen and oxygen atoms in total. The van der Waals surface area contributed by atoms with Crippen molar-refractivity contribution in [3.05, 3.63) is 53.5 Å². The molecule has 0 N–H and O–H groups in total. The van der Waals surface area contributed by atoms with E-state index in [1.165, 1.54) is 0 Å². The predicted octanol–water partition coefficient (Wildman–Crippen LogP) is 2.11. The normalized spacial score (nSPS) is 15.6. The smallest absolute Gasteiger partial charge is 0.275 e. The van der Waals surface area contributed by atoms with Crippen LogP contribution < -0.4 is 4.74 Å². The molecule has 0 aromatic carbocycles. The van der Waals surface area contributed by atoms with Gasteiger partial charge >= 0.3 is 0 Å². The van der Waals surface area contributed by atoms with Crippen molar-refractivity contribution in [2.75, 3.05) is 33.3 Å². The number of hydrogen-bond acceptors (Lipinski definition) is 5. The highest BCUT2D eigenvalue weighted by atomic mass is 19.1. The zero-order chi connectivity index (χ0) is 18.5. The number of rotatable bonds is 4. The molecule has 1 fully saturated rings. The molecule has 138 valence electrons. The van der Waals surface area contributed by atoms with Crippen LogP contribution in [-0.2, 0) is 6.54 Å². The monoisotopic (exact) mass is 362 g/mol. The summed E-state index contributed by atoms with van der Waals surface area (Å²) in [5, 5.41) is 0. The van der Waals surface area contributed by atoms with Gasteiger partial charge in [-0.25, -0.2) is 18.7 Å². The molecule has 0 atom stereocenters. The van der Waals surface area contributed by atoms with E-state index in [1.54, 1.807) is 18.2 Å². The third kappa shape index (κ3) is 4.32. The van der Waals surface area contributed by atoms with Crippen molar-refractivity contribution in [3.63, 3.8) is 0 Å². The molecule has 26 heavy (non-hydrogen) atoms. The standard InChI is InChI=1S/C18H20F2N4O2/c1-26-16-4-3-13(10-21-16)12-23-5-2-6-24(8-7-23)18(25)17-15(20)9-14(19)11-22-17/h3-4,9-11H,2,5-8,12H2,1H3. The molecule has 0 radical (unpaired) electrons. The van der Waals surface area contributed by atoms with Gasteiger partial charge in [0.25, 0.3) is 5.91 Å². The maximum absolute atomic E-state index is 13.8. The van der Waals surface area contributed by atoms with E-state index < -0.39 is 17.5 Å². The van der Waals surface area contributed by atoms with Crippen molar-refractivity contribution in [2.24, 2.45) is 0 Å². The lowest BCUT2D eigenvalue weighted by Crippen LogP contribution is -2.36. The Morgan fingerprint density at radius 2 is 2.00 bits per heavy atom. The van der Waals surface area contributed by atoms with Crippen molar-refractivity contribution < 1.29 is 18.3 Å². The number of carbonyl (C=O) groups is 1. The summed E-state index contributed by atoms with van der Waals surface area (Å²) < 4.78 is 31.8. The van der Waals surface area contributed by atoms with Gasteiger partial charge in [0.1, 0.15) is 5.82 Å². The molecule has 1 aliphatic heterocycles. The summed E-state index contributed by atoms with van der Waals surface area (Å²) >= 11 is 0. The van der Waals surface area contributed by atoms with Crippen molar-refractivity contribution in [1.82, 2.24) is 19.8 Å². The number of hydrogen-bond donors (Lipinski definition) is 0. The second-order valence-corrected chi connectivity index (χ2v) is 6.11. The quantitative estimate of drug-likeness (QED) is 0.834. The van der Waals surface area contributed by atoms with E-state index in [4.69, 9.17) is 4.74 Å². The van der Waals surface area contributed by atoms with Gasteiger partial charge < -0.3 is 9.64 Å². The van der Waals surface area contributed by atoms with Crippen LogP contribution in [0.2, 0.25) is 0 Å². The highest BCUT2D eigenvalue weighted by Gasteiger charge is 2.24. The van der Waals surface area contributed by atoms with E-state index in [1.807, 2.05) is 12.1 Å². The van der Waals surface area contributed by atoms with Crippen LogP contribution in [0.4, 0.5) is 8.78 Å². The van der Waals surface area contributed by atoms with Crippen molar-refractivity contribution in [2.45, 2.75) is 13.0 Å². The van der Waals surface area contributed by atoms with Gasteiger partial charge in [0, 0.05) is 51.1 Å². The van der Waals surface area contributed by atoms with Gasteiger partial charge in [-0.15, -0.1) is 0 Å². The summed E-state index contributed by atoms with van der Waals surface area (Å²) in [7, 11) is 1.57. The molecule has 0 saturated carbocycles.